The number of fused-ring (bicyclic) bond motifs is 1. The standard InChI is InChI=1S/C22H24ClN3O3S/c1-29-17-6-4-16(5-7-17)25-9-2-10-26(12-11-25)21(27)14-20-22(28)24-18-13-15(23)3-8-19(18)30-20/h3-8,13,20H,2,9-12,14H2,1H3,(H,24,28). The molecule has 1 atom stereocenters. The van der Waals surface area contributed by atoms with Crippen molar-refractivity contribution in [2.24, 2.45) is 0 Å². The summed E-state index contributed by atoms with van der Waals surface area (Å²) in [7, 11) is 1.66. The van der Waals surface area contributed by atoms with E-state index in [9.17, 15) is 9.59 Å². The summed E-state index contributed by atoms with van der Waals surface area (Å²) in [6.45, 7) is 3.01. The second kappa shape index (κ2) is 9.18. The van der Waals surface area contributed by atoms with E-state index in [1.165, 1.54) is 11.8 Å². The molecule has 6 nitrogen and oxygen atoms in total. The molecule has 0 radical (unpaired) electrons. The molecule has 2 aliphatic heterocycles. The van der Waals surface area contributed by atoms with Crippen molar-refractivity contribution >= 4 is 46.6 Å². The van der Waals surface area contributed by atoms with E-state index < -0.39 is 5.25 Å². The molecule has 1 fully saturated rings. The van der Waals surface area contributed by atoms with Crippen molar-refractivity contribution in [1.29, 1.82) is 0 Å². The zero-order chi connectivity index (χ0) is 21.1. The maximum atomic E-state index is 12.9. The minimum Gasteiger partial charge on any atom is -0.497 e. The van der Waals surface area contributed by atoms with Crippen molar-refractivity contribution < 1.29 is 14.3 Å². The average Bonchev–Trinajstić information content (AvgIpc) is 3.01. The Bertz CT molecular complexity index is 938. The van der Waals surface area contributed by atoms with E-state index in [0.717, 1.165) is 35.8 Å². The first kappa shape index (κ1) is 20.9. The summed E-state index contributed by atoms with van der Waals surface area (Å²) in [5, 5.41) is 3.03. The molecule has 2 aromatic rings. The molecule has 30 heavy (non-hydrogen) atoms. The molecule has 1 saturated heterocycles. The van der Waals surface area contributed by atoms with Crippen LogP contribution in [0.5, 0.6) is 5.75 Å². The molecule has 2 aliphatic rings. The van der Waals surface area contributed by atoms with Crippen LogP contribution in [0.2, 0.25) is 5.02 Å². The van der Waals surface area contributed by atoms with Crippen LogP contribution in [-0.2, 0) is 9.59 Å². The summed E-state index contributed by atoms with van der Waals surface area (Å²) in [5.41, 5.74) is 1.84. The maximum Gasteiger partial charge on any atom is 0.238 e. The summed E-state index contributed by atoms with van der Waals surface area (Å²) in [4.78, 5) is 30.5. The lowest BCUT2D eigenvalue weighted by molar-refractivity contribution is -0.132. The second-order valence-corrected chi connectivity index (χ2v) is 9.04. The number of benzene rings is 2. The fraction of sp³-hybridized carbons (Fsp3) is 0.364. The van der Waals surface area contributed by atoms with Gasteiger partial charge in [-0.25, -0.2) is 0 Å². The van der Waals surface area contributed by atoms with E-state index in [4.69, 9.17) is 16.3 Å². The summed E-state index contributed by atoms with van der Waals surface area (Å²) >= 11 is 7.43. The topological polar surface area (TPSA) is 61.9 Å². The van der Waals surface area contributed by atoms with Gasteiger partial charge < -0.3 is 19.9 Å². The summed E-state index contributed by atoms with van der Waals surface area (Å²) < 4.78 is 5.23. The Morgan fingerprint density at radius 1 is 1.17 bits per heavy atom. The van der Waals surface area contributed by atoms with Gasteiger partial charge >= 0.3 is 0 Å². The molecule has 0 spiro atoms. The van der Waals surface area contributed by atoms with Crippen molar-refractivity contribution in [3.05, 3.63) is 47.5 Å². The molecule has 4 rings (SSSR count). The van der Waals surface area contributed by atoms with E-state index in [2.05, 4.69) is 10.2 Å². The number of hydrogen-bond donors (Lipinski definition) is 1. The van der Waals surface area contributed by atoms with Gasteiger partial charge in [0.2, 0.25) is 11.8 Å². The van der Waals surface area contributed by atoms with E-state index in [-0.39, 0.29) is 18.2 Å². The summed E-state index contributed by atoms with van der Waals surface area (Å²) in [6.07, 6.45) is 1.09. The van der Waals surface area contributed by atoms with Crippen LogP contribution in [0.1, 0.15) is 12.8 Å². The molecule has 1 N–H and O–H groups in total. The van der Waals surface area contributed by atoms with Crippen LogP contribution in [0.4, 0.5) is 11.4 Å². The summed E-state index contributed by atoms with van der Waals surface area (Å²) in [6, 6.07) is 13.4. The second-order valence-electron chi connectivity index (χ2n) is 7.36. The van der Waals surface area contributed by atoms with Gasteiger partial charge in [0.25, 0.3) is 0 Å². The van der Waals surface area contributed by atoms with Crippen LogP contribution in [0.25, 0.3) is 0 Å². The molecule has 1 unspecified atom stereocenters. The van der Waals surface area contributed by atoms with Gasteiger partial charge in [-0.3, -0.25) is 9.59 Å². The molecule has 2 amide bonds. The molecule has 0 aromatic heterocycles. The molecule has 158 valence electrons. The number of thioether (sulfide) groups is 1. The van der Waals surface area contributed by atoms with Gasteiger partial charge in [0, 0.05) is 48.2 Å². The molecule has 0 aliphatic carbocycles. The molecular formula is C22H24ClN3O3S. The number of nitrogens with one attached hydrogen (secondary N) is 1. The Hall–Kier alpha value is -2.38. The predicted octanol–water partition coefficient (Wildman–Crippen LogP) is 3.89. The van der Waals surface area contributed by atoms with E-state index in [1.807, 2.05) is 35.2 Å². The quantitative estimate of drug-likeness (QED) is 0.773. The predicted molar refractivity (Wildman–Crippen MR) is 121 cm³/mol. The van der Waals surface area contributed by atoms with Crippen LogP contribution >= 0.6 is 23.4 Å². The SMILES string of the molecule is COc1ccc(N2CCCN(C(=O)CC3Sc4ccc(Cl)cc4NC3=O)CC2)cc1. The highest BCUT2D eigenvalue weighted by molar-refractivity contribution is 8.01. The number of carbonyl (C=O) groups is 2. The molecule has 0 saturated carbocycles. The Labute approximate surface area is 185 Å². The normalized spacial score (nSPS) is 19.0. The van der Waals surface area contributed by atoms with Crippen LogP contribution in [0, 0.1) is 0 Å². The lowest BCUT2D eigenvalue weighted by atomic mass is 10.2. The fourth-order valence-corrected chi connectivity index (χ4v) is 5.02. The van der Waals surface area contributed by atoms with Crippen LogP contribution < -0.4 is 15.0 Å². The van der Waals surface area contributed by atoms with Crippen LogP contribution in [0.3, 0.4) is 0 Å². The number of methoxy groups -OCH3 is 1. The Balaban J connectivity index is 1.36. The fourth-order valence-electron chi connectivity index (χ4n) is 3.76. The van der Waals surface area contributed by atoms with Crippen molar-refractivity contribution in [2.45, 2.75) is 23.0 Å². The monoisotopic (exact) mass is 445 g/mol. The minimum atomic E-state index is -0.424. The molecular weight excluding hydrogens is 422 g/mol. The van der Waals surface area contributed by atoms with Gasteiger partial charge in [0.05, 0.1) is 18.0 Å². The van der Waals surface area contributed by atoms with Crippen LogP contribution in [0.15, 0.2) is 47.4 Å². The third kappa shape index (κ3) is 4.68. The lowest BCUT2D eigenvalue weighted by Crippen LogP contribution is -2.39. The lowest BCUT2D eigenvalue weighted by Gasteiger charge is -2.27. The largest absolute Gasteiger partial charge is 0.497 e. The first-order chi connectivity index (χ1) is 14.5. The molecule has 2 heterocycles. The molecule has 2 aromatic carbocycles. The number of hydrogen-bond acceptors (Lipinski definition) is 5. The van der Waals surface area contributed by atoms with E-state index >= 15 is 0 Å². The maximum absolute atomic E-state index is 12.9. The third-order valence-electron chi connectivity index (χ3n) is 5.41. The number of anilines is 2. The van der Waals surface area contributed by atoms with Gasteiger partial charge in [-0.15, -0.1) is 11.8 Å². The highest BCUT2D eigenvalue weighted by Crippen LogP contribution is 2.38. The average molecular weight is 446 g/mol. The van der Waals surface area contributed by atoms with Crippen molar-refractivity contribution in [3.8, 4) is 5.75 Å². The zero-order valence-corrected chi connectivity index (χ0v) is 18.3. The highest BCUT2D eigenvalue weighted by Gasteiger charge is 2.31. The Morgan fingerprint density at radius 3 is 2.73 bits per heavy atom. The smallest absolute Gasteiger partial charge is 0.238 e. The van der Waals surface area contributed by atoms with Gasteiger partial charge in [-0.05, 0) is 48.9 Å². The number of halogens is 1. The molecule has 0 bridgehead atoms. The first-order valence-electron chi connectivity index (χ1n) is 9.97. The number of nitrogens with zero attached hydrogens (tertiary/aromatic N) is 2. The number of amides is 2. The minimum absolute atomic E-state index is 0.0247. The van der Waals surface area contributed by atoms with Crippen molar-refractivity contribution in [1.82, 2.24) is 4.90 Å². The number of ether oxygens (including phenoxy) is 1. The highest BCUT2D eigenvalue weighted by atomic mass is 35.5. The number of carbonyl (C=O) groups excluding carboxylic acids is 2. The molecule has 8 heteroatoms. The summed E-state index contributed by atoms with van der Waals surface area (Å²) in [5.74, 6) is 0.715. The first-order valence-corrected chi connectivity index (χ1v) is 11.2. The van der Waals surface area contributed by atoms with E-state index in [0.29, 0.717) is 23.8 Å². The van der Waals surface area contributed by atoms with Gasteiger partial charge in [0.15, 0.2) is 0 Å². The van der Waals surface area contributed by atoms with Crippen LogP contribution in [-0.4, -0.2) is 55.3 Å². The van der Waals surface area contributed by atoms with Crippen molar-refractivity contribution in [2.75, 3.05) is 43.5 Å². The zero-order valence-electron chi connectivity index (χ0n) is 16.8. The van der Waals surface area contributed by atoms with Crippen molar-refractivity contribution in [3.63, 3.8) is 0 Å². The van der Waals surface area contributed by atoms with E-state index in [1.54, 1.807) is 19.2 Å². The Kier molecular flexibility index (Phi) is 6.39. The van der Waals surface area contributed by atoms with Gasteiger partial charge in [-0.2, -0.15) is 0 Å². The number of rotatable bonds is 4. The third-order valence-corrected chi connectivity index (χ3v) is 6.92. The van der Waals surface area contributed by atoms with Gasteiger partial charge in [0.1, 0.15) is 5.75 Å². The Morgan fingerprint density at radius 2 is 1.97 bits per heavy atom. The van der Waals surface area contributed by atoms with Gasteiger partial charge in [-0.1, -0.05) is 11.6 Å².